The van der Waals surface area contributed by atoms with Crippen molar-refractivity contribution in [2.24, 2.45) is 0 Å². The minimum atomic E-state index is 1.10. The highest BCUT2D eigenvalue weighted by atomic mass is 15.1. The Labute approximate surface area is 309 Å². The van der Waals surface area contributed by atoms with Crippen LogP contribution >= 0.6 is 0 Å². The Morgan fingerprint density at radius 3 is 1.57 bits per heavy atom. The maximum Gasteiger partial charge on any atom is 0.0467 e. The second kappa shape index (κ2) is 13.0. The van der Waals surface area contributed by atoms with Crippen LogP contribution in [0.5, 0.6) is 0 Å². The summed E-state index contributed by atoms with van der Waals surface area (Å²) in [6, 6.07) is 77.3. The van der Waals surface area contributed by atoms with Gasteiger partial charge in [0.1, 0.15) is 0 Å². The lowest BCUT2D eigenvalue weighted by atomic mass is 9.90. The number of nitrogens with zero attached hydrogens (tertiary/aromatic N) is 1. The second-order valence-corrected chi connectivity index (χ2v) is 13.8. The van der Waals surface area contributed by atoms with Gasteiger partial charge in [-0.15, -0.1) is 0 Å². The maximum absolute atomic E-state index is 2.37. The van der Waals surface area contributed by atoms with Crippen molar-refractivity contribution < 1.29 is 0 Å². The summed E-state index contributed by atoms with van der Waals surface area (Å²) in [7, 11) is 0. The average molecular weight is 674 g/mol. The summed E-state index contributed by atoms with van der Waals surface area (Å²) in [6.45, 7) is 0. The molecule has 0 aromatic heterocycles. The third-order valence-corrected chi connectivity index (χ3v) is 10.6. The van der Waals surface area contributed by atoms with E-state index in [1.165, 1.54) is 76.5 Å². The fourth-order valence-corrected chi connectivity index (χ4v) is 7.97. The number of hydrogen-bond acceptors (Lipinski definition) is 1. The van der Waals surface area contributed by atoms with Crippen molar-refractivity contribution in [1.29, 1.82) is 0 Å². The molecule has 0 radical (unpaired) electrons. The zero-order valence-corrected chi connectivity index (χ0v) is 29.2. The highest BCUT2D eigenvalue weighted by molar-refractivity contribution is 6.23. The SMILES string of the molecule is c1ccc(-c2ccc(N(c3ccc(-c4cc5ccccc5c5ccc6ccccc6c45)cc3)c3cccc(-c4ccc5ccccc5c4)c3)cc2)cc1. The van der Waals surface area contributed by atoms with E-state index >= 15 is 0 Å². The van der Waals surface area contributed by atoms with Gasteiger partial charge in [-0.2, -0.15) is 0 Å². The quantitative estimate of drug-likeness (QED) is 0.159. The topological polar surface area (TPSA) is 3.24 Å². The Kier molecular flexibility index (Phi) is 7.55. The molecule has 0 aliphatic heterocycles. The highest BCUT2D eigenvalue weighted by Gasteiger charge is 2.16. The standard InChI is InChI=1S/C52H35N/c1-2-11-36(12-3-1)38-23-28-45(29-24-38)53(47-18-10-17-42(34-47)43-22-21-37-13-4-5-15-41(37)33-43)46-30-25-40(26-31-46)51-35-44-16-7-8-19-48(44)50-32-27-39-14-6-9-20-49(39)52(50)51/h1-35H. The Balaban J connectivity index is 1.11. The average Bonchev–Trinajstić information content (AvgIpc) is 3.24. The smallest absolute Gasteiger partial charge is 0.0467 e. The molecule has 0 spiro atoms. The number of benzene rings is 10. The predicted molar refractivity (Wildman–Crippen MR) is 227 cm³/mol. The molecule has 10 aromatic carbocycles. The summed E-state index contributed by atoms with van der Waals surface area (Å²) in [5, 5.41) is 10.1. The summed E-state index contributed by atoms with van der Waals surface area (Å²) in [4.78, 5) is 2.37. The van der Waals surface area contributed by atoms with Crippen molar-refractivity contribution in [1.82, 2.24) is 0 Å². The molecule has 0 atom stereocenters. The first kappa shape index (κ1) is 30.8. The van der Waals surface area contributed by atoms with Crippen LogP contribution in [0.3, 0.4) is 0 Å². The van der Waals surface area contributed by atoms with Crippen LogP contribution in [0.2, 0.25) is 0 Å². The number of fused-ring (bicyclic) bond motifs is 6. The molecule has 0 fully saturated rings. The molecular weight excluding hydrogens is 639 g/mol. The Bertz CT molecular complexity index is 2920. The molecule has 248 valence electrons. The molecule has 0 saturated carbocycles. The molecule has 0 bridgehead atoms. The number of rotatable bonds is 6. The Morgan fingerprint density at radius 1 is 0.245 bits per heavy atom. The van der Waals surface area contributed by atoms with E-state index in [0.29, 0.717) is 0 Å². The minimum Gasteiger partial charge on any atom is -0.310 e. The van der Waals surface area contributed by atoms with Crippen molar-refractivity contribution in [3.05, 3.63) is 212 Å². The highest BCUT2D eigenvalue weighted by Crippen LogP contribution is 2.42. The van der Waals surface area contributed by atoms with E-state index in [-0.39, 0.29) is 0 Å². The van der Waals surface area contributed by atoms with E-state index < -0.39 is 0 Å². The molecule has 0 aliphatic carbocycles. The molecule has 0 aliphatic rings. The molecule has 0 N–H and O–H groups in total. The summed E-state index contributed by atoms with van der Waals surface area (Å²) < 4.78 is 0. The van der Waals surface area contributed by atoms with Crippen LogP contribution in [-0.2, 0) is 0 Å². The third kappa shape index (κ3) is 5.60. The summed E-state index contributed by atoms with van der Waals surface area (Å²) in [5.41, 5.74) is 10.6. The Morgan fingerprint density at radius 2 is 0.792 bits per heavy atom. The lowest BCUT2D eigenvalue weighted by Crippen LogP contribution is -2.10. The molecule has 0 unspecified atom stereocenters. The fraction of sp³-hybridized carbons (Fsp3) is 0. The largest absolute Gasteiger partial charge is 0.310 e. The normalized spacial score (nSPS) is 11.4. The van der Waals surface area contributed by atoms with Crippen LogP contribution in [0.15, 0.2) is 212 Å². The summed E-state index contributed by atoms with van der Waals surface area (Å²) in [6.07, 6.45) is 0. The zero-order chi connectivity index (χ0) is 35.1. The zero-order valence-electron chi connectivity index (χ0n) is 29.2. The van der Waals surface area contributed by atoms with Crippen molar-refractivity contribution >= 4 is 60.2 Å². The number of hydrogen-bond donors (Lipinski definition) is 0. The van der Waals surface area contributed by atoms with E-state index in [1.54, 1.807) is 0 Å². The van der Waals surface area contributed by atoms with E-state index in [1.807, 2.05) is 0 Å². The van der Waals surface area contributed by atoms with Gasteiger partial charge in [0.2, 0.25) is 0 Å². The van der Waals surface area contributed by atoms with Gasteiger partial charge >= 0.3 is 0 Å². The molecule has 10 rings (SSSR count). The van der Waals surface area contributed by atoms with Crippen molar-refractivity contribution in [3.8, 4) is 33.4 Å². The first-order chi connectivity index (χ1) is 26.3. The van der Waals surface area contributed by atoms with Crippen molar-refractivity contribution in [2.75, 3.05) is 4.90 Å². The van der Waals surface area contributed by atoms with Crippen LogP contribution in [-0.4, -0.2) is 0 Å². The van der Waals surface area contributed by atoms with E-state index in [9.17, 15) is 0 Å². The summed E-state index contributed by atoms with van der Waals surface area (Å²) in [5.74, 6) is 0. The molecule has 1 heteroatoms. The van der Waals surface area contributed by atoms with Crippen molar-refractivity contribution in [3.63, 3.8) is 0 Å². The predicted octanol–water partition coefficient (Wildman–Crippen LogP) is 14.8. The molecule has 0 heterocycles. The Hall–Kier alpha value is -6.96. The fourth-order valence-electron chi connectivity index (χ4n) is 7.97. The minimum absolute atomic E-state index is 1.10. The maximum atomic E-state index is 2.37. The molecule has 53 heavy (non-hydrogen) atoms. The van der Waals surface area contributed by atoms with Crippen molar-refractivity contribution in [2.45, 2.75) is 0 Å². The molecular formula is C52H35N. The van der Waals surface area contributed by atoms with E-state index in [4.69, 9.17) is 0 Å². The van der Waals surface area contributed by atoms with Crippen LogP contribution in [0, 0.1) is 0 Å². The van der Waals surface area contributed by atoms with Crippen LogP contribution < -0.4 is 4.90 Å². The van der Waals surface area contributed by atoms with Gasteiger partial charge in [0, 0.05) is 17.1 Å². The molecule has 0 amide bonds. The van der Waals surface area contributed by atoms with Crippen LogP contribution in [0.4, 0.5) is 17.1 Å². The third-order valence-electron chi connectivity index (χ3n) is 10.6. The molecule has 0 saturated heterocycles. The first-order valence-corrected chi connectivity index (χ1v) is 18.3. The molecule has 1 nitrogen and oxygen atoms in total. The van der Waals surface area contributed by atoms with E-state index in [2.05, 4.69) is 217 Å². The van der Waals surface area contributed by atoms with Gasteiger partial charge < -0.3 is 4.90 Å². The van der Waals surface area contributed by atoms with Gasteiger partial charge in [-0.1, -0.05) is 164 Å². The lowest BCUT2D eigenvalue weighted by Gasteiger charge is -2.26. The van der Waals surface area contributed by atoms with Gasteiger partial charge in [0.15, 0.2) is 0 Å². The summed E-state index contributed by atoms with van der Waals surface area (Å²) >= 11 is 0. The lowest BCUT2D eigenvalue weighted by molar-refractivity contribution is 1.28. The number of anilines is 3. The van der Waals surface area contributed by atoms with Crippen LogP contribution in [0.1, 0.15) is 0 Å². The monoisotopic (exact) mass is 673 g/mol. The van der Waals surface area contributed by atoms with Gasteiger partial charge in [-0.25, -0.2) is 0 Å². The van der Waals surface area contributed by atoms with Gasteiger partial charge in [0.05, 0.1) is 0 Å². The van der Waals surface area contributed by atoms with Gasteiger partial charge in [-0.05, 0) is 125 Å². The first-order valence-electron chi connectivity index (χ1n) is 18.3. The van der Waals surface area contributed by atoms with Gasteiger partial charge in [-0.3, -0.25) is 0 Å². The van der Waals surface area contributed by atoms with E-state index in [0.717, 1.165) is 17.1 Å². The van der Waals surface area contributed by atoms with Crippen LogP contribution in [0.25, 0.3) is 76.5 Å². The second-order valence-electron chi connectivity index (χ2n) is 13.8. The molecule has 10 aromatic rings. The van der Waals surface area contributed by atoms with Gasteiger partial charge in [0.25, 0.3) is 0 Å².